The van der Waals surface area contributed by atoms with Crippen molar-refractivity contribution < 1.29 is 28.6 Å². The first-order valence-electron chi connectivity index (χ1n) is 11.4. The zero-order valence-electron chi connectivity index (χ0n) is 19.4. The van der Waals surface area contributed by atoms with Crippen LogP contribution in [0.15, 0.2) is 18.2 Å². The van der Waals surface area contributed by atoms with Gasteiger partial charge in [0.15, 0.2) is 0 Å². The summed E-state index contributed by atoms with van der Waals surface area (Å²) >= 11 is 7.66. The molecular formula is C24H30ClFN2O5S. The van der Waals surface area contributed by atoms with Crippen molar-refractivity contribution in [1.82, 2.24) is 9.88 Å². The Morgan fingerprint density at radius 1 is 1.32 bits per heavy atom. The molecule has 1 fully saturated rings. The molecule has 0 unspecified atom stereocenters. The lowest BCUT2D eigenvalue weighted by Gasteiger charge is -2.27. The smallest absolute Gasteiger partial charge is 0.409 e. The van der Waals surface area contributed by atoms with E-state index in [-0.39, 0.29) is 25.2 Å². The first-order chi connectivity index (χ1) is 16.3. The van der Waals surface area contributed by atoms with Crippen LogP contribution in [-0.2, 0) is 16.1 Å². The third kappa shape index (κ3) is 7.06. The molecule has 1 aliphatic rings. The third-order valence-corrected chi connectivity index (χ3v) is 7.12. The van der Waals surface area contributed by atoms with E-state index in [0.29, 0.717) is 47.2 Å². The fraction of sp³-hybridized carbons (Fsp3) is 0.542. The molecule has 0 spiro atoms. The second-order valence-electron chi connectivity index (χ2n) is 8.49. The number of nitrogens with zero attached hydrogens (tertiary/aromatic N) is 2. The molecule has 10 heteroatoms. The van der Waals surface area contributed by atoms with Gasteiger partial charge in [-0.1, -0.05) is 11.6 Å². The molecule has 1 aliphatic carbocycles. The monoisotopic (exact) mass is 512 g/mol. The van der Waals surface area contributed by atoms with E-state index in [0.717, 1.165) is 23.3 Å². The van der Waals surface area contributed by atoms with Crippen LogP contribution in [0.2, 0.25) is 4.34 Å². The number of pyridine rings is 1. The predicted molar refractivity (Wildman–Crippen MR) is 129 cm³/mol. The Kier molecular flexibility index (Phi) is 9.53. The normalized spacial score (nSPS) is 17.9. The highest BCUT2D eigenvalue weighted by molar-refractivity contribution is 7.19. The molecule has 34 heavy (non-hydrogen) atoms. The van der Waals surface area contributed by atoms with E-state index in [1.165, 1.54) is 16.2 Å². The summed E-state index contributed by atoms with van der Waals surface area (Å²) in [5.41, 5.74) is 2.26. The van der Waals surface area contributed by atoms with Crippen LogP contribution in [0.5, 0.6) is 5.75 Å². The van der Waals surface area contributed by atoms with Crippen LogP contribution in [0.25, 0.3) is 10.6 Å². The van der Waals surface area contributed by atoms with Gasteiger partial charge >= 0.3 is 12.1 Å². The molecule has 2 aromatic rings. The minimum Gasteiger partial charge on any atom is -0.489 e. The molecule has 0 saturated heterocycles. The number of aliphatic carboxylic acids is 1. The van der Waals surface area contributed by atoms with Crippen molar-refractivity contribution in [1.29, 1.82) is 0 Å². The number of aryl methyl sites for hydroxylation is 1. The molecule has 7 nitrogen and oxygen atoms in total. The summed E-state index contributed by atoms with van der Waals surface area (Å²) in [5, 5.41) is 9.30. The lowest BCUT2D eigenvalue weighted by molar-refractivity contribution is -0.143. The van der Waals surface area contributed by atoms with Crippen molar-refractivity contribution in [2.45, 2.75) is 58.1 Å². The van der Waals surface area contributed by atoms with Gasteiger partial charge in [-0.15, -0.1) is 11.3 Å². The topological polar surface area (TPSA) is 89.0 Å². The maximum absolute atomic E-state index is 12.2. The summed E-state index contributed by atoms with van der Waals surface area (Å²) < 4.78 is 24.1. The Balaban J connectivity index is 1.68. The number of rotatable bonds is 10. The molecular weight excluding hydrogens is 483 g/mol. The quantitative estimate of drug-likeness (QED) is 0.386. The zero-order valence-corrected chi connectivity index (χ0v) is 21.0. The summed E-state index contributed by atoms with van der Waals surface area (Å²) in [6, 6.07) is 5.51. The highest BCUT2D eigenvalue weighted by Gasteiger charge is 2.28. The second kappa shape index (κ2) is 12.4. The van der Waals surface area contributed by atoms with Crippen LogP contribution in [0.4, 0.5) is 9.18 Å². The van der Waals surface area contributed by atoms with Crippen LogP contribution < -0.4 is 4.74 Å². The molecule has 1 N–H and O–H groups in total. The van der Waals surface area contributed by atoms with E-state index >= 15 is 0 Å². The Hall–Kier alpha value is -2.39. The van der Waals surface area contributed by atoms with Crippen LogP contribution in [0.3, 0.4) is 0 Å². The molecule has 1 saturated carbocycles. The van der Waals surface area contributed by atoms with Crippen LogP contribution >= 0.6 is 22.9 Å². The largest absolute Gasteiger partial charge is 0.489 e. The minimum atomic E-state index is -0.769. The van der Waals surface area contributed by atoms with Gasteiger partial charge in [-0.05, 0) is 69.2 Å². The van der Waals surface area contributed by atoms with Crippen molar-refractivity contribution in [3.63, 3.8) is 0 Å². The second-order valence-corrected chi connectivity index (χ2v) is 10.2. The first kappa shape index (κ1) is 26.2. The number of hydrogen-bond donors (Lipinski definition) is 1. The summed E-state index contributed by atoms with van der Waals surface area (Å²) in [5.74, 6) is -0.498. The number of halogens is 2. The number of carboxylic acid groups (broad SMARTS) is 1. The Morgan fingerprint density at radius 2 is 2.12 bits per heavy atom. The summed E-state index contributed by atoms with van der Waals surface area (Å²) in [7, 11) is 1.64. The maximum Gasteiger partial charge on any atom is 0.409 e. The molecule has 0 bridgehead atoms. The highest BCUT2D eigenvalue weighted by Crippen LogP contribution is 2.37. The van der Waals surface area contributed by atoms with Gasteiger partial charge in [-0.2, -0.15) is 0 Å². The molecule has 1 amide bonds. The van der Waals surface area contributed by atoms with Crippen molar-refractivity contribution in [3.05, 3.63) is 33.8 Å². The fourth-order valence-electron chi connectivity index (χ4n) is 3.97. The molecule has 0 aromatic carbocycles. The van der Waals surface area contributed by atoms with Gasteiger partial charge in [0, 0.05) is 7.05 Å². The lowest BCUT2D eigenvalue weighted by atomic mass is 9.87. The Labute approximate surface area is 207 Å². The number of aromatic nitrogens is 1. The zero-order chi connectivity index (χ0) is 24.7. The SMILES string of the molecule is Cc1nc(-c2sc(Cl)cc2CN(C)C(=O)OCCCCF)ccc1O[C@H]1CCC[C@H](C(=O)O)C1. The number of alkyl halides is 1. The summed E-state index contributed by atoms with van der Waals surface area (Å²) in [4.78, 5) is 30.6. The number of hydrogen-bond acceptors (Lipinski definition) is 6. The lowest BCUT2D eigenvalue weighted by Crippen LogP contribution is -2.29. The summed E-state index contributed by atoms with van der Waals surface area (Å²) in [6.45, 7) is 1.90. The van der Waals surface area contributed by atoms with Gasteiger partial charge in [0.25, 0.3) is 0 Å². The van der Waals surface area contributed by atoms with Gasteiger partial charge in [0.05, 0.1) is 52.4 Å². The molecule has 2 atom stereocenters. The predicted octanol–water partition coefficient (Wildman–Crippen LogP) is 6.11. The van der Waals surface area contributed by atoms with Gasteiger partial charge in [0.2, 0.25) is 0 Å². The maximum atomic E-state index is 12.2. The fourth-order valence-corrected chi connectivity index (χ4v) is 5.20. The van der Waals surface area contributed by atoms with Crippen molar-refractivity contribution in [2.75, 3.05) is 20.3 Å². The minimum absolute atomic E-state index is 0.141. The van der Waals surface area contributed by atoms with Crippen molar-refractivity contribution in [2.24, 2.45) is 5.92 Å². The number of thiophene rings is 1. The van der Waals surface area contributed by atoms with Gasteiger partial charge < -0.3 is 19.5 Å². The first-order valence-corrected chi connectivity index (χ1v) is 12.6. The number of unbranched alkanes of at least 4 members (excludes halogenated alkanes) is 1. The van der Waals surface area contributed by atoms with Crippen LogP contribution in [0, 0.1) is 12.8 Å². The van der Waals surface area contributed by atoms with E-state index in [1.54, 1.807) is 7.05 Å². The molecule has 0 aliphatic heterocycles. The van der Waals surface area contributed by atoms with Crippen molar-refractivity contribution >= 4 is 35.0 Å². The average molecular weight is 513 g/mol. The average Bonchev–Trinajstić information content (AvgIpc) is 3.17. The molecule has 2 heterocycles. The van der Waals surface area contributed by atoms with E-state index in [4.69, 9.17) is 26.1 Å². The van der Waals surface area contributed by atoms with Gasteiger partial charge in [-0.3, -0.25) is 9.18 Å². The Morgan fingerprint density at radius 3 is 2.82 bits per heavy atom. The number of carbonyl (C=O) groups excluding carboxylic acids is 1. The number of carboxylic acids is 1. The standard InChI is InChI=1S/C24H30ClFN2O5S/c1-15-20(33-18-7-5-6-16(12-18)23(29)30)9-8-19(27-15)22-17(13-21(25)34-22)14-28(2)24(31)32-11-4-3-10-26/h8-9,13,16,18H,3-7,10-12,14H2,1-2H3,(H,29,30)/t16-,18-/m0/s1. The van der Waals surface area contributed by atoms with Crippen LogP contribution in [-0.4, -0.2) is 53.5 Å². The van der Waals surface area contributed by atoms with E-state index in [2.05, 4.69) is 0 Å². The molecule has 186 valence electrons. The molecule has 0 radical (unpaired) electrons. The van der Waals surface area contributed by atoms with Crippen molar-refractivity contribution in [3.8, 4) is 16.3 Å². The van der Waals surface area contributed by atoms with Gasteiger partial charge in [0.1, 0.15) is 5.75 Å². The number of amides is 1. The summed E-state index contributed by atoms with van der Waals surface area (Å²) in [6.07, 6.45) is 3.07. The van der Waals surface area contributed by atoms with E-state index < -0.39 is 18.7 Å². The highest BCUT2D eigenvalue weighted by atomic mass is 35.5. The van der Waals surface area contributed by atoms with Crippen LogP contribution in [0.1, 0.15) is 49.8 Å². The third-order valence-electron chi connectivity index (χ3n) is 5.79. The van der Waals surface area contributed by atoms with E-state index in [9.17, 15) is 19.1 Å². The van der Waals surface area contributed by atoms with E-state index in [1.807, 2.05) is 25.1 Å². The number of ether oxygens (including phenoxy) is 2. The number of carbonyl (C=O) groups is 2. The van der Waals surface area contributed by atoms with Gasteiger partial charge in [-0.25, -0.2) is 9.78 Å². The Bertz CT molecular complexity index is 1000. The molecule has 2 aromatic heterocycles. The molecule has 3 rings (SSSR count).